The van der Waals surface area contributed by atoms with E-state index >= 15 is 0 Å². The summed E-state index contributed by atoms with van der Waals surface area (Å²) in [5, 5.41) is 6.58. The monoisotopic (exact) mass is 351 g/mol. The highest BCUT2D eigenvalue weighted by atomic mass is 35.5. The standard InChI is InChI=1S/C15H25N3O2.2ClH/c19-15(17-6-10-2-1-5-20-10)9-18-13-3-4-14(18)12-8-16-7-11(12)13;;/h10-14,16H,1-9H2,(H,17,19);2*1H/t10?,11-,12+,13-,14+;;. The van der Waals surface area contributed by atoms with E-state index < -0.39 is 0 Å². The van der Waals surface area contributed by atoms with Gasteiger partial charge in [0, 0.05) is 25.2 Å². The second-order valence-corrected chi connectivity index (χ2v) is 6.81. The van der Waals surface area contributed by atoms with Crippen LogP contribution in [-0.4, -0.2) is 61.8 Å². The summed E-state index contributed by atoms with van der Waals surface area (Å²) in [5.41, 5.74) is 0. The van der Waals surface area contributed by atoms with Crippen LogP contribution in [0.25, 0.3) is 0 Å². The molecule has 0 aromatic rings. The first-order chi connectivity index (χ1) is 9.83. The SMILES string of the molecule is Cl.Cl.O=C(CN1[C@@H]2CC[C@H]1[C@H]1CNC[C@H]12)NCC1CCCO1. The number of carbonyl (C=O) groups is 1. The topological polar surface area (TPSA) is 53.6 Å². The zero-order valence-electron chi connectivity index (χ0n) is 12.8. The highest BCUT2D eigenvalue weighted by Gasteiger charge is 2.54. The molecule has 4 saturated heterocycles. The molecule has 5 atom stereocenters. The molecular formula is C15H27Cl2N3O2. The van der Waals surface area contributed by atoms with Crippen molar-refractivity contribution in [1.29, 1.82) is 0 Å². The number of hydrogen-bond donors (Lipinski definition) is 2. The highest BCUT2D eigenvalue weighted by molar-refractivity contribution is 5.85. The van der Waals surface area contributed by atoms with Gasteiger partial charge < -0.3 is 15.4 Å². The van der Waals surface area contributed by atoms with Gasteiger partial charge in [-0.1, -0.05) is 0 Å². The molecule has 1 amide bonds. The number of amides is 1. The van der Waals surface area contributed by atoms with Crippen molar-refractivity contribution in [3.05, 3.63) is 0 Å². The fourth-order valence-corrected chi connectivity index (χ4v) is 4.89. The van der Waals surface area contributed by atoms with Crippen LogP contribution >= 0.6 is 24.8 Å². The van der Waals surface area contributed by atoms with Gasteiger partial charge in [0.05, 0.1) is 12.6 Å². The summed E-state index contributed by atoms with van der Waals surface area (Å²) >= 11 is 0. The van der Waals surface area contributed by atoms with Crippen LogP contribution in [0.1, 0.15) is 25.7 Å². The average Bonchev–Trinajstić information content (AvgIpc) is 3.19. The third-order valence-corrected chi connectivity index (χ3v) is 5.79. The molecule has 0 aromatic heterocycles. The highest BCUT2D eigenvalue weighted by Crippen LogP contribution is 2.46. The number of halogens is 2. The quantitative estimate of drug-likeness (QED) is 0.786. The lowest BCUT2D eigenvalue weighted by Crippen LogP contribution is -2.43. The maximum atomic E-state index is 12.2. The van der Waals surface area contributed by atoms with Crippen molar-refractivity contribution in [3.63, 3.8) is 0 Å². The molecule has 22 heavy (non-hydrogen) atoms. The van der Waals surface area contributed by atoms with Gasteiger partial charge in [-0.3, -0.25) is 9.69 Å². The Bertz CT molecular complexity index is 375. The summed E-state index contributed by atoms with van der Waals surface area (Å²) in [6.07, 6.45) is 5.04. The summed E-state index contributed by atoms with van der Waals surface area (Å²) in [4.78, 5) is 14.7. The van der Waals surface area contributed by atoms with Crippen LogP contribution in [-0.2, 0) is 9.53 Å². The number of ether oxygens (including phenoxy) is 1. The summed E-state index contributed by atoms with van der Waals surface area (Å²) < 4.78 is 5.55. The second kappa shape index (κ2) is 7.67. The molecule has 7 heteroatoms. The van der Waals surface area contributed by atoms with Gasteiger partial charge in [0.15, 0.2) is 0 Å². The zero-order valence-corrected chi connectivity index (χ0v) is 14.5. The number of carbonyl (C=O) groups excluding carboxylic acids is 1. The Labute approximate surface area is 144 Å². The number of nitrogens with one attached hydrogen (secondary N) is 2. The summed E-state index contributed by atoms with van der Waals surface area (Å²) in [6.45, 7) is 4.44. The Hall–Kier alpha value is -0.0700. The van der Waals surface area contributed by atoms with Crippen LogP contribution in [0.3, 0.4) is 0 Å². The zero-order chi connectivity index (χ0) is 13.5. The van der Waals surface area contributed by atoms with E-state index in [2.05, 4.69) is 15.5 Å². The first kappa shape index (κ1) is 18.3. The molecule has 5 nitrogen and oxygen atoms in total. The molecule has 2 bridgehead atoms. The minimum absolute atomic E-state index is 0. The summed E-state index contributed by atoms with van der Waals surface area (Å²) in [5.74, 6) is 1.77. The predicted molar refractivity (Wildman–Crippen MR) is 89.8 cm³/mol. The van der Waals surface area contributed by atoms with Gasteiger partial charge in [0.2, 0.25) is 5.91 Å². The van der Waals surface area contributed by atoms with Crippen LogP contribution in [0.15, 0.2) is 0 Å². The molecule has 4 aliphatic rings. The minimum Gasteiger partial charge on any atom is -0.376 e. The molecule has 1 unspecified atom stereocenters. The van der Waals surface area contributed by atoms with Crippen LogP contribution in [0, 0.1) is 11.8 Å². The first-order valence-corrected chi connectivity index (χ1v) is 8.17. The van der Waals surface area contributed by atoms with Crippen molar-refractivity contribution in [2.75, 3.05) is 32.8 Å². The number of rotatable bonds is 4. The fourth-order valence-electron chi connectivity index (χ4n) is 4.89. The summed E-state index contributed by atoms with van der Waals surface area (Å²) in [6, 6.07) is 1.29. The molecule has 0 spiro atoms. The van der Waals surface area contributed by atoms with Crippen LogP contribution in [0.5, 0.6) is 0 Å². The van der Waals surface area contributed by atoms with Gasteiger partial charge in [0.25, 0.3) is 0 Å². The predicted octanol–water partition coefficient (Wildman–Crippen LogP) is 0.807. The van der Waals surface area contributed by atoms with E-state index in [0.717, 1.165) is 44.4 Å². The van der Waals surface area contributed by atoms with Crippen molar-refractivity contribution in [3.8, 4) is 0 Å². The van der Waals surface area contributed by atoms with Crippen LogP contribution < -0.4 is 10.6 Å². The molecule has 4 rings (SSSR count). The normalized spacial score (nSPS) is 39.2. The van der Waals surface area contributed by atoms with E-state index in [9.17, 15) is 4.79 Å². The van der Waals surface area contributed by atoms with Gasteiger partial charge in [0.1, 0.15) is 0 Å². The van der Waals surface area contributed by atoms with Gasteiger partial charge >= 0.3 is 0 Å². The van der Waals surface area contributed by atoms with Crippen molar-refractivity contribution < 1.29 is 9.53 Å². The number of fused-ring (bicyclic) bond motifs is 5. The van der Waals surface area contributed by atoms with E-state index in [1.54, 1.807) is 0 Å². The van der Waals surface area contributed by atoms with Gasteiger partial charge in [-0.2, -0.15) is 0 Å². The second-order valence-electron chi connectivity index (χ2n) is 6.81. The smallest absolute Gasteiger partial charge is 0.234 e. The lowest BCUT2D eigenvalue weighted by atomic mass is 9.82. The van der Waals surface area contributed by atoms with Crippen LogP contribution in [0.2, 0.25) is 0 Å². The Balaban J connectivity index is 0.000000882. The third-order valence-electron chi connectivity index (χ3n) is 5.79. The van der Waals surface area contributed by atoms with E-state index in [-0.39, 0.29) is 36.8 Å². The Morgan fingerprint density at radius 1 is 1.14 bits per heavy atom. The first-order valence-electron chi connectivity index (χ1n) is 8.17. The van der Waals surface area contributed by atoms with Crippen molar-refractivity contribution >= 4 is 30.7 Å². The Kier molecular flexibility index (Phi) is 6.37. The molecule has 0 radical (unpaired) electrons. The van der Waals surface area contributed by atoms with E-state index in [1.807, 2.05) is 0 Å². The molecule has 4 heterocycles. The average molecular weight is 352 g/mol. The lowest BCUT2D eigenvalue weighted by Gasteiger charge is -2.24. The van der Waals surface area contributed by atoms with Crippen molar-refractivity contribution in [2.45, 2.75) is 43.9 Å². The maximum Gasteiger partial charge on any atom is 0.234 e. The number of nitrogens with zero attached hydrogens (tertiary/aromatic N) is 1. The van der Waals surface area contributed by atoms with Gasteiger partial charge in [-0.25, -0.2) is 0 Å². The third kappa shape index (κ3) is 3.24. The van der Waals surface area contributed by atoms with Crippen molar-refractivity contribution in [2.24, 2.45) is 11.8 Å². The molecule has 4 aliphatic heterocycles. The molecule has 0 aliphatic carbocycles. The molecule has 0 saturated carbocycles. The summed E-state index contributed by atoms with van der Waals surface area (Å²) in [7, 11) is 0. The maximum absolute atomic E-state index is 12.2. The molecular weight excluding hydrogens is 325 g/mol. The fraction of sp³-hybridized carbons (Fsp3) is 0.933. The van der Waals surface area contributed by atoms with Crippen molar-refractivity contribution in [1.82, 2.24) is 15.5 Å². The molecule has 2 N–H and O–H groups in total. The molecule has 0 aromatic carbocycles. The number of hydrogen-bond acceptors (Lipinski definition) is 4. The largest absolute Gasteiger partial charge is 0.376 e. The minimum atomic E-state index is 0. The molecule has 128 valence electrons. The Morgan fingerprint density at radius 3 is 2.41 bits per heavy atom. The van der Waals surface area contributed by atoms with E-state index in [0.29, 0.717) is 25.2 Å². The Morgan fingerprint density at radius 2 is 1.82 bits per heavy atom. The van der Waals surface area contributed by atoms with Gasteiger partial charge in [-0.15, -0.1) is 24.8 Å². The van der Waals surface area contributed by atoms with Crippen LogP contribution in [0.4, 0.5) is 0 Å². The van der Waals surface area contributed by atoms with E-state index in [1.165, 1.54) is 12.8 Å². The molecule has 4 fully saturated rings. The van der Waals surface area contributed by atoms with E-state index in [4.69, 9.17) is 4.74 Å². The lowest BCUT2D eigenvalue weighted by molar-refractivity contribution is -0.123. The van der Waals surface area contributed by atoms with Gasteiger partial charge in [-0.05, 0) is 50.6 Å².